The smallest absolute Gasteiger partial charge is 0.322 e. The van der Waals surface area contributed by atoms with E-state index in [0.717, 1.165) is 5.69 Å². The van der Waals surface area contributed by atoms with Crippen molar-refractivity contribution in [3.8, 4) is 6.07 Å². The first-order chi connectivity index (χ1) is 12.1. The maximum atomic E-state index is 12.5. The fourth-order valence-electron chi connectivity index (χ4n) is 2.74. The molecule has 2 amide bonds. The quantitative estimate of drug-likeness (QED) is 0.855. The minimum Gasteiger partial charge on any atom is -0.368 e. The van der Waals surface area contributed by atoms with Crippen LogP contribution in [0.5, 0.6) is 0 Å². The van der Waals surface area contributed by atoms with Gasteiger partial charge in [0, 0.05) is 31.9 Å². The SMILES string of the molecule is N#Cc1cccc(N2CCN(C(=O)Nc3c(Cl)cccc3Cl)CC2)c1. The largest absolute Gasteiger partial charge is 0.368 e. The molecule has 25 heavy (non-hydrogen) atoms. The molecule has 1 aliphatic rings. The molecule has 0 bridgehead atoms. The van der Waals surface area contributed by atoms with Gasteiger partial charge in [0.25, 0.3) is 0 Å². The summed E-state index contributed by atoms with van der Waals surface area (Å²) in [6, 6.07) is 14.5. The Labute approximate surface area is 156 Å². The lowest BCUT2D eigenvalue weighted by atomic mass is 10.2. The number of benzene rings is 2. The van der Waals surface area contributed by atoms with Gasteiger partial charge in [0.05, 0.1) is 27.4 Å². The zero-order valence-corrected chi connectivity index (χ0v) is 14.9. The maximum absolute atomic E-state index is 12.5. The molecule has 1 heterocycles. The van der Waals surface area contributed by atoms with Crippen molar-refractivity contribution in [3.05, 3.63) is 58.1 Å². The first-order valence-electron chi connectivity index (χ1n) is 7.83. The second-order valence-electron chi connectivity index (χ2n) is 5.66. The van der Waals surface area contributed by atoms with E-state index in [-0.39, 0.29) is 6.03 Å². The van der Waals surface area contributed by atoms with Gasteiger partial charge in [0.15, 0.2) is 0 Å². The molecule has 0 radical (unpaired) electrons. The number of nitrogens with zero attached hydrogens (tertiary/aromatic N) is 3. The predicted molar refractivity (Wildman–Crippen MR) is 100 cm³/mol. The molecule has 0 atom stereocenters. The number of nitriles is 1. The van der Waals surface area contributed by atoms with Crippen LogP contribution in [-0.2, 0) is 0 Å². The molecule has 0 spiro atoms. The summed E-state index contributed by atoms with van der Waals surface area (Å²) < 4.78 is 0. The number of rotatable bonds is 2. The number of anilines is 2. The monoisotopic (exact) mass is 374 g/mol. The van der Waals surface area contributed by atoms with Gasteiger partial charge in [-0.2, -0.15) is 5.26 Å². The molecule has 2 aromatic carbocycles. The van der Waals surface area contributed by atoms with Crippen molar-refractivity contribution < 1.29 is 4.79 Å². The number of nitrogens with one attached hydrogen (secondary N) is 1. The molecule has 7 heteroatoms. The third-order valence-electron chi connectivity index (χ3n) is 4.10. The zero-order chi connectivity index (χ0) is 17.8. The molecule has 0 saturated carbocycles. The third-order valence-corrected chi connectivity index (χ3v) is 4.73. The lowest BCUT2D eigenvalue weighted by molar-refractivity contribution is 0.208. The van der Waals surface area contributed by atoms with Gasteiger partial charge in [-0.05, 0) is 30.3 Å². The number of amides is 2. The number of carbonyl (C=O) groups excluding carboxylic acids is 1. The molecule has 1 fully saturated rings. The second-order valence-corrected chi connectivity index (χ2v) is 6.48. The summed E-state index contributed by atoms with van der Waals surface area (Å²) in [6.45, 7) is 2.53. The normalized spacial score (nSPS) is 14.1. The standard InChI is InChI=1S/C18H16Cl2N4O/c19-15-5-2-6-16(20)17(15)22-18(25)24-9-7-23(8-10-24)14-4-1-3-13(11-14)12-21/h1-6,11H,7-10H2,(H,22,25). The van der Waals surface area contributed by atoms with Gasteiger partial charge >= 0.3 is 6.03 Å². The zero-order valence-electron chi connectivity index (χ0n) is 13.4. The Hall–Kier alpha value is -2.42. The van der Waals surface area contributed by atoms with Crippen LogP contribution < -0.4 is 10.2 Å². The van der Waals surface area contributed by atoms with Crippen molar-refractivity contribution in [2.45, 2.75) is 0 Å². The van der Waals surface area contributed by atoms with E-state index >= 15 is 0 Å². The van der Waals surface area contributed by atoms with Gasteiger partial charge in [-0.1, -0.05) is 35.3 Å². The number of hydrogen-bond acceptors (Lipinski definition) is 3. The molecule has 0 aromatic heterocycles. The van der Waals surface area contributed by atoms with Gasteiger partial charge in [-0.25, -0.2) is 4.79 Å². The first-order valence-corrected chi connectivity index (χ1v) is 8.59. The molecular formula is C18H16Cl2N4O. The fourth-order valence-corrected chi connectivity index (χ4v) is 3.24. The summed E-state index contributed by atoms with van der Waals surface area (Å²) in [6.07, 6.45) is 0. The molecule has 0 aliphatic carbocycles. The van der Waals surface area contributed by atoms with E-state index in [1.165, 1.54) is 0 Å². The van der Waals surface area contributed by atoms with E-state index in [9.17, 15) is 4.79 Å². The van der Waals surface area contributed by atoms with Crippen LogP contribution in [0.25, 0.3) is 0 Å². The van der Waals surface area contributed by atoms with Crippen LogP contribution in [-0.4, -0.2) is 37.1 Å². The summed E-state index contributed by atoms with van der Waals surface area (Å²) in [4.78, 5) is 16.3. The summed E-state index contributed by atoms with van der Waals surface area (Å²) in [5, 5.41) is 12.6. The van der Waals surface area contributed by atoms with Crippen molar-refractivity contribution in [3.63, 3.8) is 0 Å². The van der Waals surface area contributed by atoms with Crippen molar-refractivity contribution >= 4 is 40.6 Å². The summed E-state index contributed by atoms with van der Waals surface area (Å²) >= 11 is 12.2. The average molecular weight is 375 g/mol. The van der Waals surface area contributed by atoms with Crippen molar-refractivity contribution in [1.29, 1.82) is 5.26 Å². The number of urea groups is 1. The molecule has 128 valence electrons. The Morgan fingerprint density at radius 1 is 1.04 bits per heavy atom. The number of piperazine rings is 1. The molecular weight excluding hydrogens is 359 g/mol. The lowest BCUT2D eigenvalue weighted by Crippen LogP contribution is -2.50. The van der Waals surface area contributed by atoms with Crippen molar-refractivity contribution in [2.24, 2.45) is 0 Å². The third kappa shape index (κ3) is 3.98. The van der Waals surface area contributed by atoms with E-state index in [4.69, 9.17) is 28.5 Å². The molecule has 3 rings (SSSR count). The van der Waals surface area contributed by atoms with Crippen LogP contribution in [0.3, 0.4) is 0 Å². The van der Waals surface area contributed by atoms with E-state index in [1.807, 2.05) is 18.2 Å². The van der Waals surface area contributed by atoms with Crippen LogP contribution in [0.2, 0.25) is 10.0 Å². The number of para-hydroxylation sites is 1. The number of hydrogen-bond donors (Lipinski definition) is 1. The molecule has 0 unspecified atom stereocenters. The molecule has 1 aliphatic heterocycles. The van der Waals surface area contributed by atoms with Gasteiger partial charge in [0.1, 0.15) is 0 Å². The minimum absolute atomic E-state index is 0.222. The fraction of sp³-hybridized carbons (Fsp3) is 0.222. The van der Waals surface area contributed by atoms with E-state index in [0.29, 0.717) is 47.5 Å². The van der Waals surface area contributed by atoms with Crippen LogP contribution in [0.4, 0.5) is 16.2 Å². The van der Waals surface area contributed by atoms with Gasteiger partial charge in [-0.3, -0.25) is 0 Å². The second kappa shape index (κ2) is 7.64. The summed E-state index contributed by atoms with van der Waals surface area (Å²) in [7, 11) is 0. The summed E-state index contributed by atoms with van der Waals surface area (Å²) in [5.74, 6) is 0. The molecule has 2 aromatic rings. The molecule has 5 nitrogen and oxygen atoms in total. The highest BCUT2D eigenvalue weighted by Gasteiger charge is 2.22. The summed E-state index contributed by atoms with van der Waals surface area (Å²) in [5.41, 5.74) is 2.05. The molecule has 1 saturated heterocycles. The Bertz CT molecular complexity index is 806. The Morgan fingerprint density at radius 3 is 2.32 bits per heavy atom. The maximum Gasteiger partial charge on any atom is 0.322 e. The Morgan fingerprint density at radius 2 is 1.68 bits per heavy atom. The van der Waals surface area contributed by atoms with Crippen molar-refractivity contribution in [1.82, 2.24) is 4.90 Å². The van der Waals surface area contributed by atoms with Crippen LogP contribution >= 0.6 is 23.2 Å². The van der Waals surface area contributed by atoms with Gasteiger partial charge in [-0.15, -0.1) is 0 Å². The number of halogens is 2. The molecule has 1 N–H and O–H groups in total. The Kier molecular flexibility index (Phi) is 5.32. The van der Waals surface area contributed by atoms with E-state index < -0.39 is 0 Å². The van der Waals surface area contributed by atoms with Crippen LogP contribution in [0.15, 0.2) is 42.5 Å². The highest BCUT2D eigenvalue weighted by atomic mass is 35.5. The first kappa shape index (κ1) is 17.4. The van der Waals surface area contributed by atoms with E-state index in [1.54, 1.807) is 29.2 Å². The average Bonchev–Trinajstić information content (AvgIpc) is 2.65. The lowest BCUT2D eigenvalue weighted by Gasteiger charge is -2.36. The van der Waals surface area contributed by atoms with Crippen LogP contribution in [0, 0.1) is 11.3 Å². The van der Waals surface area contributed by atoms with Gasteiger partial charge < -0.3 is 15.1 Å². The highest BCUT2D eigenvalue weighted by Crippen LogP contribution is 2.30. The number of carbonyl (C=O) groups is 1. The van der Waals surface area contributed by atoms with Crippen molar-refractivity contribution in [2.75, 3.05) is 36.4 Å². The predicted octanol–water partition coefficient (Wildman–Crippen LogP) is 4.22. The van der Waals surface area contributed by atoms with Gasteiger partial charge in [0.2, 0.25) is 0 Å². The topological polar surface area (TPSA) is 59.4 Å². The minimum atomic E-state index is -0.222. The Balaban J connectivity index is 1.62. The van der Waals surface area contributed by atoms with E-state index in [2.05, 4.69) is 16.3 Å². The van der Waals surface area contributed by atoms with Crippen LogP contribution in [0.1, 0.15) is 5.56 Å². The highest BCUT2D eigenvalue weighted by molar-refractivity contribution is 6.39.